The predicted molar refractivity (Wildman–Crippen MR) is 114 cm³/mol. The zero-order valence-electron chi connectivity index (χ0n) is 15.7. The number of nitrogens with zero attached hydrogens (tertiary/aromatic N) is 1. The summed E-state index contributed by atoms with van der Waals surface area (Å²) >= 11 is 3.55. The van der Waals surface area contributed by atoms with Gasteiger partial charge in [-0.2, -0.15) is 0 Å². The maximum Gasteiger partial charge on any atom is 0.354 e. The molecule has 1 N–H and O–H groups in total. The van der Waals surface area contributed by atoms with Crippen LogP contribution in [0.25, 0.3) is 22.4 Å². The lowest BCUT2D eigenvalue weighted by Crippen LogP contribution is -2.12. The molecule has 1 aliphatic rings. The molecule has 0 bridgehead atoms. The summed E-state index contributed by atoms with van der Waals surface area (Å²) < 4.78 is 12.5. The Kier molecular flexibility index (Phi) is 5.92. The topological polar surface area (TPSA) is 68.7 Å². The van der Waals surface area contributed by atoms with Crippen molar-refractivity contribution in [2.24, 2.45) is 5.92 Å². The van der Waals surface area contributed by atoms with E-state index in [2.05, 4.69) is 20.9 Å². The highest BCUT2D eigenvalue weighted by Crippen LogP contribution is 2.38. The molecule has 6 heteroatoms. The van der Waals surface area contributed by atoms with Crippen LogP contribution in [0.4, 0.5) is 0 Å². The van der Waals surface area contributed by atoms with E-state index in [-0.39, 0.29) is 5.69 Å². The number of carbonyl (C=O) groups is 1. The quantitative estimate of drug-likeness (QED) is 0.548. The highest BCUT2D eigenvalue weighted by atomic mass is 79.9. The minimum absolute atomic E-state index is 0.0178. The molecule has 1 unspecified atom stereocenters. The third-order valence-corrected chi connectivity index (χ3v) is 5.39. The molecular formula is C23H20BrNO4. The molecule has 5 nitrogen and oxygen atoms in total. The Bertz CT molecular complexity index is 1030. The largest absolute Gasteiger partial charge is 0.493 e. The first-order chi connectivity index (χ1) is 14.1. The summed E-state index contributed by atoms with van der Waals surface area (Å²) in [7, 11) is 0. The molecule has 1 saturated heterocycles. The number of aromatic nitrogens is 1. The van der Waals surface area contributed by atoms with Crippen molar-refractivity contribution in [3.63, 3.8) is 0 Å². The fourth-order valence-electron chi connectivity index (χ4n) is 3.41. The van der Waals surface area contributed by atoms with Crippen LogP contribution in [0.15, 0.2) is 65.1 Å². The van der Waals surface area contributed by atoms with E-state index in [0.29, 0.717) is 18.2 Å². The number of hydrogen-bond donors (Lipinski definition) is 1. The molecule has 0 aliphatic carbocycles. The summed E-state index contributed by atoms with van der Waals surface area (Å²) in [6.45, 7) is 2.12. The lowest BCUT2D eigenvalue weighted by atomic mass is 9.96. The Morgan fingerprint density at radius 1 is 1.10 bits per heavy atom. The van der Waals surface area contributed by atoms with Crippen molar-refractivity contribution in [2.75, 3.05) is 19.8 Å². The van der Waals surface area contributed by atoms with Gasteiger partial charge in [-0.15, -0.1) is 0 Å². The molecule has 1 aromatic heterocycles. The van der Waals surface area contributed by atoms with Crippen molar-refractivity contribution in [2.45, 2.75) is 6.42 Å². The number of rotatable bonds is 6. The van der Waals surface area contributed by atoms with Crippen LogP contribution in [0.2, 0.25) is 0 Å². The SMILES string of the molecule is O=C(O)c1cccc(-c2ccccc2-c2cc(Br)ccc2OCC2CCOC2)n1. The van der Waals surface area contributed by atoms with Gasteiger partial charge in [0.2, 0.25) is 0 Å². The second-order valence-corrected chi connectivity index (χ2v) is 7.86. The molecule has 2 heterocycles. The molecule has 3 aromatic rings. The maximum absolute atomic E-state index is 11.4. The minimum Gasteiger partial charge on any atom is -0.493 e. The average Bonchev–Trinajstić information content (AvgIpc) is 3.26. The van der Waals surface area contributed by atoms with Crippen molar-refractivity contribution >= 4 is 21.9 Å². The summed E-state index contributed by atoms with van der Waals surface area (Å²) in [6, 6.07) is 18.8. The highest BCUT2D eigenvalue weighted by Gasteiger charge is 2.19. The monoisotopic (exact) mass is 453 g/mol. The second-order valence-electron chi connectivity index (χ2n) is 6.94. The van der Waals surface area contributed by atoms with E-state index in [4.69, 9.17) is 9.47 Å². The maximum atomic E-state index is 11.4. The molecular weight excluding hydrogens is 434 g/mol. The van der Waals surface area contributed by atoms with Gasteiger partial charge in [0.1, 0.15) is 11.4 Å². The second kappa shape index (κ2) is 8.76. The number of carboxylic acid groups (broad SMARTS) is 1. The van der Waals surface area contributed by atoms with Crippen LogP contribution in [0.5, 0.6) is 5.75 Å². The molecule has 0 spiro atoms. The van der Waals surface area contributed by atoms with Crippen LogP contribution < -0.4 is 4.74 Å². The van der Waals surface area contributed by atoms with Gasteiger partial charge in [-0.3, -0.25) is 0 Å². The molecule has 2 aromatic carbocycles. The number of carboxylic acids is 1. The third kappa shape index (κ3) is 4.49. The first-order valence-electron chi connectivity index (χ1n) is 9.42. The van der Waals surface area contributed by atoms with E-state index < -0.39 is 5.97 Å². The first-order valence-corrected chi connectivity index (χ1v) is 10.2. The molecule has 0 radical (unpaired) electrons. The number of benzene rings is 2. The molecule has 1 aliphatic heterocycles. The van der Waals surface area contributed by atoms with Crippen molar-refractivity contribution in [3.8, 4) is 28.1 Å². The summed E-state index contributed by atoms with van der Waals surface area (Å²) in [5.41, 5.74) is 3.33. The summed E-state index contributed by atoms with van der Waals surface area (Å²) in [5.74, 6) is 0.132. The molecule has 1 fully saturated rings. The summed E-state index contributed by atoms with van der Waals surface area (Å²) in [6.07, 6.45) is 1.01. The van der Waals surface area contributed by atoms with Crippen LogP contribution in [0.3, 0.4) is 0 Å². The number of hydrogen-bond acceptors (Lipinski definition) is 4. The Hall–Kier alpha value is -2.70. The zero-order chi connectivity index (χ0) is 20.2. The number of pyridine rings is 1. The molecule has 4 rings (SSSR count). The Balaban J connectivity index is 1.74. The van der Waals surface area contributed by atoms with Gasteiger partial charge in [-0.1, -0.05) is 46.3 Å². The first kappa shape index (κ1) is 19.6. The smallest absolute Gasteiger partial charge is 0.354 e. The Morgan fingerprint density at radius 2 is 1.93 bits per heavy atom. The van der Waals surface area contributed by atoms with Crippen LogP contribution in [0.1, 0.15) is 16.9 Å². The van der Waals surface area contributed by atoms with Crippen LogP contribution >= 0.6 is 15.9 Å². The summed E-state index contributed by atoms with van der Waals surface area (Å²) in [5, 5.41) is 9.30. The van der Waals surface area contributed by atoms with Crippen LogP contribution in [-0.2, 0) is 4.74 Å². The van der Waals surface area contributed by atoms with Gasteiger partial charge >= 0.3 is 5.97 Å². The molecule has 148 valence electrons. The van der Waals surface area contributed by atoms with Gasteiger partial charge in [0.15, 0.2) is 0 Å². The average molecular weight is 454 g/mol. The fraction of sp³-hybridized carbons (Fsp3) is 0.217. The highest BCUT2D eigenvalue weighted by molar-refractivity contribution is 9.10. The van der Waals surface area contributed by atoms with E-state index in [0.717, 1.165) is 46.5 Å². The van der Waals surface area contributed by atoms with Crippen LogP contribution in [0, 0.1) is 5.92 Å². The predicted octanol–water partition coefficient (Wildman–Crippen LogP) is 5.29. The number of halogens is 1. The number of aromatic carboxylic acids is 1. The zero-order valence-corrected chi connectivity index (χ0v) is 17.3. The molecule has 1 atom stereocenters. The van der Waals surface area contributed by atoms with Crippen molar-refractivity contribution < 1.29 is 19.4 Å². The molecule has 29 heavy (non-hydrogen) atoms. The van der Waals surface area contributed by atoms with Crippen molar-refractivity contribution in [1.82, 2.24) is 4.98 Å². The lowest BCUT2D eigenvalue weighted by molar-refractivity contribution is 0.0690. The standard InChI is InChI=1S/C23H20BrNO4/c24-16-8-9-22(29-14-15-10-11-28-13-15)19(12-16)17-4-1-2-5-18(17)20-6-3-7-21(25-20)23(26)27/h1-9,12,15H,10-11,13-14H2,(H,26,27). The summed E-state index contributed by atoms with van der Waals surface area (Å²) in [4.78, 5) is 15.7. The normalized spacial score (nSPS) is 16.0. The van der Waals surface area contributed by atoms with Crippen LogP contribution in [-0.4, -0.2) is 35.9 Å². The van der Waals surface area contributed by atoms with Gasteiger partial charge in [0.05, 0.1) is 18.9 Å². The number of ether oxygens (including phenoxy) is 2. The van der Waals surface area contributed by atoms with Gasteiger partial charge in [0.25, 0.3) is 0 Å². The van der Waals surface area contributed by atoms with Gasteiger partial charge in [0, 0.05) is 28.1 Å². The van der Waals surface area contributed by atoms with Crippen molar-refractivity contribution in [1.29, 1.82) is 0 Å². The minimum atomic E-state index is -1.05. The third-order valence-electron chi connectivity index (χ3n) is 4.90. The van der Waals surface area contributed by atoms with Crippen molar-refractivity contribution in [3.05, 3.63) is 70.8 Å². The Morgan fingerprint density at radius 3 is 2.69 bits per heavy atom. The fourth-order valence-corrected chi connectivity index (χ4v) is 3.77. The van der Waals surface area contributed by atoms with Gasteiger partial charge in [-0.25, -0.2) is 9.78 Å². The van der Waals surface area contributed by atoms with E-state index in [1.54, 1.807) is 6.07 Å². The van der Waals surface area contributed by atoms with E-state index in [1.807, 2.05) is 48.5 Å². The van der Waals surface area contributed by atoms with Gasteiger partial charge in [-0.05, 0) is 42.3 Å². The molecule has 0 amide bonds. The van der Waals surface area contributed by atoms with E-state index in [1.165, 1.54) is 6.07 Å². The lowest BCUT2D eigenvalue weighted by Gasteiger charge is -2.17. The van der Waals surface area contributed by atoms with Gasteiger partial charge < -0.3 is 14.6 Å². The Labute approximate surface area is 177 Å². The van der Waals surface area contributed by atoms with E-state index >= 15 is 0 Å². The van der Waals surface area contributed by atoms with E-state index in [9.17, 15) is 9.90 Å². The molecule has 0 saturated carbocycles.